The van der Waals surface area contributed by atoms with Crippen LogP contribution >= 0.6 is 0 Å². The number of hydrogen-bond acceptors (Lipinski definition) is 7. The molecule has 1 amide bonds. The van der Waals surface area contributed by atoms with Gasteiger partial charge in [0, 0.05) is 22.4 Å². The van der Waals surface area contributed by atoms with E-state index >= 15 is 0 Å². The summed E-state index contributed by atoms with van der Waals surface area (Å²) in [4.78, 5) is 25.9. The number of aryl methyl sites for hydroxylation is 1. The zero-order valence-corrected chi connectivity index (χ0v) is 18.5. The van der Waals surface area contributed by atoms with Gasteiger partial charge in [-0.25, -0.2) is 19.3 Å². The largest absolute Gasteiger partial charge is 0.383 e. The number of nitrogens with one attached hydrogen (secondary N) is 2. The molecular formula is C26H18FN7O. The number of anilines is 4. The highest BCUT2D eigenvalue weighted by Gasteiger charge is 2.17. The third-order valence-electron chi connectivity index (χ3n) is 5.68. The van der Waals surface area contributed by atoms with E-state index < -0.39 is 5.82 Å². The van der Waals surface area contributed by atoms with Crippen molar-refractivity contribution in [2.75, 3.05) is 16.4 Å². The summed E-state index contributed by atoms with van der Waals surface area (Å²) < 4.78 is 14.5. The maximum Gasteiger partial charge on any atom is 0.257 e. The second kappa shape index (κ2) is 8.68. The lowest BCUT2D eigenvalue weighted by molar-refractivity contribution is 0.102. The van der Waals surface area contributed by atoms with E-state index in [2.05, 4.69) is 25.6 Å². The van der Waals surface area contributed by atoms with Gasteiger partial charge in [0.05, 0.1) is 34.1 Å². The van der Waals surface area contributed by atoms with E-state index in [0.717, 1.165) is 17.0 Å². The van der Waals surface area contributed by atoms with Gasteiger partial charge in [-0.15, -0.1) is 0 Å². The van der Waals surface area contributed by atoms with E-state index in [1.165, 1.54) is 18.5 Å². The summed E-state index contributed by atoms with van der Waals surface area (Å²) in [5.74, 6) is -0.218. The molecule has 0 unspecified atom stereocenters. The van der Waals surface area contributed by atoms with Gasteiger partial charge >= 0.3 is 0 Å². The normalized spacial score (nSPS) is 10.8. The van der Waals surface area contributed by atoms with Gasteiger partial charge in [-0.05, 0) is 48.9 Å². The molecule has 5 rings (SSSR count). The molecule has 0 fully saturated rings. The molecule has 2 aromatic heterocycles. The Bertz CT molecular complexity index is 1680. The number of para-hydroxylation sites is 1. The Morgan fingerprint density at radius 2 is 1.89 bits per heavy atom. The summed E-state index contributed by atoms with van der Waals surface area (Å²) in [5, 5.41) is 16.9. The van der Waals surface area contributed by atoms with Crippen LogP contribution in [0.1, 0.15) is 21.5 Å². The minimum absolute atomic E-state index is 0.184. The molecule has 0 saturated heterocycles. The number of hydrogen-bond donors (Lipinski definition) is 3. The van der Waals surface area contributed by atoms with Crippen molar-refractivity contribution in [1.29, 1.82) is 5.26 Å². The van der Waals surface area contributed by atoms with Gasteiger partial charge in [0.1, 0.15) is 23.8 Å². The first kappa shape index (κ1) is 21.7. The molecule has 0 atom stereocenters. The average Bonchev–Trinajstić information content (AvgIpc) is 2.87. The lowest BCUT2D eigenvalue weighted by Gasteiger charge is -2.15. The average molecular weight is 463 g/mol. The molecule has 3 aromatic carbocycles. The summed E-state index contributed by atoms with van der Waals surface area (Å²) in [6.07, 6.45) is 2.90. The Morgan fingerprint density at radius 1 is 1.03 bits per heavy atom. The third kappa shape index (κ3) is 3.94. The molecule has 0 aliphatic carbocycles. The predicted octanol–water partition coefficient (Wildman–Crippen LogP) is 5.08. The number of pyridine rings is 1. The molecule has 0 bridgehead atoms. The Morgan fingerprint density at radius 3 is 2.69 bits per heavy atom. The number of benzene rings is 3. The highest BCUT2D eigenvalue weighted by atomic mass is 19.1. The van der Waals surface area contributed by atoms with Crippen molar-refractivity contribution in [2.24, 2.45) is 0 Å². The second-order valence-corrected chi connectivity index (χ2v) is 7.86. The number of carbonyl (C=O) groups excluding carboxylic acids is 1. The number of amides is 1. The molecule has 4 N–H and O–H groups in total. The predicted molar refractivity (Wildman–Crippen MR) is 133 cm³/mol. The molecule has 5 aromatic rings. The number of aromatic nitrogens is 3. The first-order chi connectivity index (χ1) is 17.0. The zero-order valence-electron chi connectivity index (χ0n) is 18.5. The van der Waals surface area contributed by atoms with Gasteiger partial charge in [0.15, 0.2) is 0 Å². The molecule has 170 valence electrons. The fraction of sp³-hybridized carbons (Fsp3) is 0.0385. The Kier molecular flexibility index (Phi) is 5.39. The molecule has 0 spiro atoms. The molecule has 9 heteroatoms. The summed E-state index contributed by atoms with van der Waals surface area (Å²) >= 11 is 0. The molecule has 35 heavy (non-hydrogen) atoms. The van der Waals surface area contributed by atoms with E-state index in [0.29, 0.717) is 39.2 Å². The van der Waals surface area contributed by atoms with Crippen molar-refractivity contribution in [1.82, 2.24) is 15.0 Å². The van der Waals surface area contributed by atoms with Crippen LogP contribution in [0.5, 0.6) is 0 Å². The highest BCUT2D eigenvalue weighted by molar-refractivity contribution is 6.16. The second-order valence-electron chi connectivity index (χ2n) is 7.86. The number of rotatable bonds is 4. The van der Waals surface area contributed by atoms with Gasteiger partial charge < -0.3 is 16.4 Å². The third-order valence-corrected chi connectivity index (χ3v) is 5.68. The molecule has 0 aliphatic rings. The zero-order chi connectivity index (χ0) is 24.5. The van der Waals surface area contributed by atoms with Crippen LogP contribution < -0.4 is 16.4 Å². The molecule has 0 saturated carbocycles. The van der Waals surface area contributed by atoms with E-state index in [1.807, 2.05) is 25.1 Å². The molecule has 0 radical (unpaired) electrons. The van der Waals surface area contributed by atoms with Crippen LogP contribution in [0, 0.1) is 24.1 Å². The van der Waals surface area contributed by atoms with Crippen molar-refractivity contribution >= 4 is 50.6 Å². The van der Waals surface area contributed by atoms with Crippen molar-refractivity contribution in [3.63, 3.8) is 0 Å². The maximum atomic E-state index is 14.5. The lowest BCUT2D eigenvalue weighted by atomic mass is 10.0. The SMILES string of the molecule is Cc1ccc2c(Nc3ccc(C#N)cc3F)nccc2c1NC(=O)c1cccc2c(N)ncnc12. The minimum atomic E-state index is -0.569. The van der Waals surface area contributed by atoms with E-state index in [9.17, 15) is 9.18 Å². The van der Waals surface area contributed by atoms with E-state index in [-0.39, 0.29) is 17.2 Å². The Hall–Kier alpha value is -5.10. The monoisotopic (exact) mass is 463 g/mol. The number of halogens is 1. The quantitative estimate of drug-likeness (QED) is 0.339. The van der Waals surface area contributed by atoms with Crippen LogP contribution in [0.2, 0.25) is 0 Å². The first-order valence-electron chi connectivity index (χ1n) is 10.6. The van der Waals surface area contributed by atoms with E-state index in [4.69, 9.17) is 11.0 Å². The molecule has 8 nitrogen and oxygen atoms in total. The van der Waals surface area contributed by atoms with Crippen LogP contribution in [0.15, 0.2) is 67.1 Å². The van der Waals surface area contributed by atoms with Crippen LogP contribution in [0.4, 0.5) is 27.4 Å². The standard InChI is InChI=1S/C26H18FN7O/c1-14-5-7-17-16(9-10-30-25(17)33-21-8-6-15(12-28)11-20(21)27)22(14)34-26(35)19-4-2-3-18-23(19)31-13-32-24(18)29/h2-11,13H,1H3,(H,30,33)(H,34,35)(H2,29,31,32). The van der Waals surface area contributed by atoms with Crippen LogP contribution in [-0.4, -0.2) is 20.9 Å². The lowest BCUT2D eigenvalue weighted by Crippen LogP contribution is -2.14. The summed E-state index contributed by atoms with van der Waals surface area (Å²) in [6.45, 7) is 1.88. The summed E-state index contributed by atoms with van der Waals surface area (Å²) in [5.41, 5.74) is 8.59. The number of nitrogens with two attached hydrogens (primary N) is 1. The van der Waals surface area contributed by atoms with Crippen molar-refractivity contribution in [2.45, 2.75) is 6.92 Å². The number of carbonyl (C=O) groups is 1. The van der Waals surface area contributed by atoms with E-state index in [1.54, 1.807) is 30.5 Å². The smallest absolute Gasteiger partial charge is 0.257 e. The van der Waals surface area contributed by atoms with Crippen LogP contribution in [0.3, 0.4) is 0 Å². The number of nitrogens with zero attached hydrogens (tertiary/aromatic N) is 4. The van der Waals surface area contributed by atoms with Gasteiger partial charge in [-0.2, -0.15) is 5.26 Å². The Balaban J connectivity index is 1.55. The highest BCUT2D eigenvalue weighted by Crippen LogP contribution is 2.33. The fourth-order valence-electron chi connectivity index (χ4n) is 3.91. The fourth-order valence-corrected chi connectivity index (χ4v) is 3.91. The minimum Gasteiger partial charge on any atom is -0.383 e. The van der Waals surface area contributed by atoms with Crippen LogP contribution in [-0.2, 0) is 0 Å². The molecular weight excluding hydrogens is 445 g/mol. The number of nitriles is 1. The Labute approximate surface area is 199 Å². The summed E-state index contributed by atoms with van der Waals surface area (Å²) in [7, 11) is 0. The summed E-state index contributed by atoms with van der Waals surface area (Å²) in [6, 6.07) is 16.7. The number of nitrogen functional groups attached to an aromatic ring is 1. The van der Waals surface area contributed by atoms with Crippen molar-refractivity contribution in [3.05, 3.63) is 89.6 Å². The van der Waals surface area contributed by atoms with Crippen molar-refractivity contribution < 1.29 is 9.18 Å². The van der Waals surface area contributed by atoms with Crippen molar-refractivity contribution in [3.8, 4) is 6.07 Å². The maximum absolute atomic E-state index is 14.5. The van der Waals surface area contributed by atoms with Gasteiger partial charge in [0.2, 0.25) is 0 Å². The van der Waals surface area contributed by atoms with Gasteiger partial charge in [-0.3, -0.25) is 4.79 Å². The molecule has 2 heterocycles. The first-order valence-corrected chi connectivity index (χ1v) is 10.6. The van der Waals surface area contributed by atoms with Crippen LogP contribution in [0.25, 0.3) is 21.7 Å². The topological polar surface area (TPSA) is 130 Å². The molecule has 0 aliphatic heterocycles. The van der Waals surface area contributed by atoms with Gasteiger partial charge in [0.25, 0.3) is 5.91 Å². The van der Waals surface area contributed by atoms with Gasteiger partial charge in [-0.1, -0.05) is 18.2 Å². The number of fused-ring (bicyclic) bond motifs is 2.